The third-order valence-corrected chi connectivity index (χ3v) is 9.03. The molecule has 268 valence electrons. The van der Waals surface area contributed by atoms with Crippen molar-refractivity contribution in [1.82, 2.24) is 9.97 Å². The van der Waals surface area contributed by atoms with Crippen molar-refractivity contribution in [3.8, 4) is 44.9 Å². The molecule has 0 amide bonds. The minimum atomic E-state index is 0.535. The molecule has 0 bridgehead atoms. The van der Waals surface area contributed by atoms with Gasteiger partial charge in [0.15, 0.2) is 11.7 Å². The number of hydrogen-bond acceptors (Lipinski definition) is 3. The summed E-state index contributed by atoms with van der Waals surface area (Å²) in [5, 5.41) is 0. The number of nitrogens with zero attached hydrogens (tertiary/aromatic N) is 4. The number of allylic oxidation sites excluding steroid dienone is 8. The lowest BCUT2D eigenvalue weighted by molar-refractivity contribution is 1.06. The molecule has 0 saturated heterocycles. The van der Waals surface area contributed by atoms with Crippen LogP contribution in [0.1, 0.15) is 30.2 Å². The molecule has 0 N–H and O–H groups in total. The van der Waals surface area contributed by atoms with Crippen molar-refractivity contribution in [2.75, 3.05) is 0 Å². The van der Waals surface area contributed by atoms with Crippen molar-refractivity contribution in [2.24, 2.45) is 9.98 Å². The predicted octanol–water partition coefficient (Wildman–Crippen LogP) is 13.0. The highest BCUT2D eigenvalue weighted by atomic mass is 14.9. The molecule has 0 spiro atoms. The zero-order valence-electron chi connectivity index (χ0n) is 31.3. The third kappa shape index (κ3) is 9.89. The van der Waals surface area contributed by atoms with E-state index in [1.807, 2.05) is 66.8 Å². The molecule has 0 fully saturated rings. The molecule has 5 aromatic carbocycles. The lowest BCUT2D eigenvalue weighted by Crippen LogP contribution is -2.06. The van der Waals surface area contributed by atoms with Crippen LogP contribution in [0.4, 0.5) is 0 Å². The maximum Gasteiger partial charge on any atom is 0.160 e. The maximum absolute atomic E-state index is 5.01. The Labute approximate surface area is 325 Å². The quantitative estimate of drug-likeness (QED) is 0.0641. The van der Waals surface area contributed by atoms with Crippen LogP contribution in [0.25, 0.3) is 50.5 Å². The Hall–Kier alpha value is -7.04. The fraction of sp³-hybridized carbons (Fsp3) is 0.0588. The normalized spacial score (nSPS) is 11.9. The van der Waals surface area contributed by atoms with Gasteiger partial charge in [0, 0.05) is 22.4 Å². The molecule has 0 aliphatic carbocycles. The van der Waals surface area contributed by atoms with E-state index < -0.39 is 0 Å². The molecule has 4 heteroatoms. The first-order valence-corrected chi connectivity index (χ1v) is 18.3. The molecule has 6 aromatic rings. The average Bonchev–Trinajstić information content (AvgIpc) is 3.25. The third-order valence-electron chi connectivity index (χ3n) is 9.03. The highest BCUT2D eigenvalue weighted by molar-refractivity contribution is 6.13. The second-order valence-electron chi connectivity index (χ2n) is 12.8. The summed E-state index contributed by atoms with van der Waals surface area (Å²) in [6.07, 6.45) is 11.8. The van der Waals surface area contributed by atoms with Gasteiger partial charge in [0.2, 0.25) is 0 Å². The number of amidine groups is 1. The summed E-state index contributed by atoms with van der Waals surface area (Å²) in [5.74, 6) is 1.33. The molecular weight excluding hydrogens is 669 g/mol. The summed E-state index contributed by atoms with van der Waals surface area (Å²) >= 11 is 0. The highest BCUT2D eigenvalue weighted by Crippen LogP contribution is 2.29. The maximum atomic E-state index is 5.01. The molecular formula is C51H44N4. The molecule has 55 heavy (non-hydrogen) atoms. The Morgan fingerprint density at radius 1 is 0.600 bits per heavy atom. The first-order valence-electron chi connectivity index (χ1n) is 18.3. The molecule has 4 nitrogen and oxygen atoms in total. The fourth-order valence-electron chi connectivity index (χ4n) is 5.97. The van der Waals surface area contributed by atoms with Crippen molar-refractivity contribution in [3.63, 3.8) is 0 Å². The van der Waals surface area contributed by atoms with Crippen LogP contribution in [0.3, 0.4) is 0 Å². The van der Waals surface area contributed by atoms with E-state index in [9.17, 15) is 0 Å². The van der Waals surface area contributed by atoms with Crippen LogP contribution in [-0.4, -0.2) is 21.5 Å². The Balaban J connectivity index is 1.23. The van der Waals surface area contributed by atoms with E-state index in [1.165, 1.54) is 0 Å². The molecule has 0 saturated carbocycles. The van der Waals surface area contributed by atoms with Gasteiger partial charge in [-0.05, 0) is 51.5 Å². The van der Waals surface area contributed by atoms with Gasteiger partial charge in [-0.2, -0.15) is 0 Å². The van der Waals surface area contributed by atoms with E-state index in [-0.39, 0.29) is 0 Å². The van der Waals surface area contributed by atoms with Crippen LogP contribution in [0.15, 0.2) is 218 Å². The SMILES string of the molecule is C=C/C=C\C(=C)C(CC)=NC(=NCc1ccccc1)c1ccc(-c2ccc(-c3ccc(-c4nc(C(=C)/C=C\C=C)cc(-c5ccccc5)n4)cc3)cc2)cc1. The van der Waals surface area contributed by atoms with Crippen molar-refractivity contribution in [1.29, 1.82) is 0 Å². The van der Waals surface area contributed by atoms with Gasteiger partial charge in [-0.3, -0.25) is 4.99 Å². The Bertz CT molecular complexity index is 2390. The van der Waals surface area contributed by atoms with Crippen LogP contribution in [0.2, 0.25) is 0 Å². The van der Waals surface area contributed by atoms with E-state index in [0.717, 1.165) is 79.2 Å². The number of aromatic nitrogens is 2. The van der Waals surface area contributed by atoms with E-state index >= 15 is 0 Å². The lowest BCUT2D eigenvalue weighted by atomic mass is 9.98. The highest BCUT2D eigenvalue weighted by Gasteiger charge is 2.12. The number of rotatable bonds is 14. The van der Waals surface area contributed by atoms with E-state index in [1.54, 1.807) is 12.2 Å². The average molecular weight is 713 g/mol. The van der Waals surface area contributed by atoms with Crippen LogP contribution < -0.4 is 0 Å². The van der Waals surface area contributed by atoms with Crippen molar-refractivity contribution in [2.45, 2.75) is 19.9 Å². The molecule has 0 atom stereocenters. The van der Waals surface area contributed by atoms with Gasteiger partial charge in [0.05, 0.1) is 17.9 Å². The first kappa shape index (κ1) is 37.7. The summed E-state index contributed by atoms with van der Waals surface area (Å²) in [6, 6.07) is 47.8. The lowest BCUT2D eigenvalue weighted by Gasteiger charge is -2.10. The number of benzene rings is 5. The Kier molecular flexibility index (Phi) is 12.8. The summed E-state index contributed by atoms with van der Waals surface area (Å²) in [7, 11) is 0. The van der Waals surface area contributed by atoms with Gasteiger partial charge in [0.1, 0.15) is 0 Å². The zero-order chi connectivity index (χ0) is 38.4. The summed E-state index contributed by atoms with van der Waals surface area (Å²) in [4.78, 5) is 19.8. The van der Waals surface area contributed by atoms with E-state index in [0.29, 0.717) is 18.2 Å². The van der Waals surface area contributed by atoms with E-state index in [2.05, 4.69) is 130 Å². The Morgan fingerprint density at radius 2 is 1.13 bits per heavy atom. The van der Waals surface area contributed by atoms with Gasteiger partial charge in [-0.1, -0.05) is 203 Å². The topological polar surface area (TPSA) is 50.5 Å². The predicted molar refractivity (Wildman–Crippen MR) is 235 cm³/mol. The van der Waals surface area contributed by atoms with Crippen LogP contribution in [0.5, 0.6) is 0 Å². The smallest absolute Gasteiger partial charge is 0.160 e. The van der Waals surface area contributed by atoms with Gasteiger partial charge in [-0.15, -0.1) is 0 Å². The molecule has 6 rings (SSSR count). The Morgan fingerprint density at radius 3 is 1.69 bits per heavy atom. The molecule has 0 aliphatic rings. The fourth-order valence-corrected chi connectivity index (χ4v) is 5.97. The molecule has 0 aliphatic heterocycles. The van der Waals surface area contributed by atoms with Gasteiger partial charge >= 0.3 is 0 Å². The van der Waals surface area contributed by atoms with Crippen molar-refractivity contribution >= 4 is 17.1 Å². The van der Waals surface area contributed by atoms with Crippen LogP contribution in [-0.2, 0) is 6.54 Å². The van der Waals surface area contributed by atoms with Gasteiger partial charge in [-0.25, -0.2) is 15.0 Å². The summed E-state index contributed by atoms with van der Waals surface area (Å²) < 4.78 is 0. The minimum Gasteiger partial charge on any atom is -0.261 e. The minimum absolute atomic E-state index is 0.535. The first-order chi connectivity index (χ1) is 26.9. The van der Waals surface area contributed by atoms with Gasteiger partial charge in [0.25, 0.3) is 0 Å². The van der Waals surface area contributed by atoms with E-state index in [4.69, 9.17) is 20.0 Å². The van der Waals surface area contributed by atoms with Crippen molar-refractivity contribution < 1.29 is 0 Å². The summed E-state index contributed by atoms with van der Waals surface area (Å²) in [6.45, 7) is 18.6. The van der Waals surface area contributed by atoms with Crippen LogP contribution >= 0.6 is 0 Å². The molecule has 1 aromatic heterocycles. The molecule has 0 unspecified atom stereocenters. The second-order valence-corrected chi connectivity index (χ2v) is 12.8. The second kappa shape index (κ2) is 18.6. The van der Waals surface area contributed by atoms with Crippen molar-refractivity contribution in [3.05, 3.63) is 225 Å². The molecule has 0 radical (unpaired) electrons. The van der Waals surface area contributed by atoms with Crippen LogP contribution in [0, 0.1) is 0 Å². The van der Waals surface area contributed by atoms with Gasteiger partial charge < -0.3 is 0 Å². The number of aliphatic imine (C=N–C) groups is 2. The summed E-state index contributed by atoms with van der Waals surface area (Å²) in [5.41, 5.74) is 12.6. The number of hydrogen-bond donors (Lipinski definition) is 0. The zero-order valence-corrected chi connectivity index (χ0v) is 31.3. The largest absolute Gasteiger partial charge is 0.261 e. The molecule has 1 heterocycles. The standard InChI is InChI=1S/C51H44N4/c1-6-9-17-37(4)47(8-3)53-50(52-36-39-19-13-11-14-20-39)45-31-27-42(28-32-45)40-23-25-41(26-24-40)43-29-33-46(34-30-43)51-54-48(38(5)18-10-7-2)35-49(55-51)44-21-15-12-16-22-44/h6-7,9-35H,1-2,4-5,8,36H2,3H3/b17-9-,18-10-,52-50?,53-47?. The monoisotopic (exact) mass is 712 g/mol.